The second kappa shape index (κ2) is 6.87. The Kier molecular flexibility index (Phi) is 6.08. The molecule has 0 saturated carbocycles. The van der Waals surface area contributed by atoms with Crippen molar-refractivity contribution in [3.63, 3.8) is 0 Å². The molecule has 0 radical (unpaired) electrons. The Morgan fingerprint density at radius 2 is 2.11 bits per heavy atom. The van der Waals surface area contributed by atoms with Gasteiger partial charge in [-0.15, -0.1) is 0 Å². The largest absolute Gasteiger partial charge is 0.393 e. The second-order valence-electron chi connectivity index (χ2n) is 5.77. The van der Waals surface area contributed by atoms with Crippen LogP contribution in [0, 0.1) is 11.8 Å². The lowest BCUT2D eigenvalue weighted by Crippen LogP contribution is -2.40. The van der Waals surface area contributed by atoms with Gasteiger partial charge in [0.25, 0.3) is 0 Å². The standard InChI is InChI=1S/C13H27NO3S/c1-4-11(2)8-13(15)9-12-6-5-7-14(10-12)18(3,16)17/h11-13,15H,4-10H2,1-3H3. The fraction of sp³-hybridized carbons (Fsp3) is 1.00. The lowest BCUT2D eigenvalue weighted by molar-refractivity contribution is 0.100. The lowest BCUT2D eigenvalue weighted by atomic mass is 9.89. The molecule has 1 N–H and O–H groups in total. The molecule has 1 aliphatic rings. The number of aliphatic hydroxyl groups excluding tert-OH is 1. The molecule has 3 atom stereocenters. The summed E-state index contributed by atoms with van der Waals surface area (Å²) in [7, 11) is -3.07. The molecule has 0 aromatic rings. The van der Waals surface area contributed by atoms with Crippen molar-refractivity contribution in [1.82, 2.24) is 4.31 Å². The summed E-state index contributed by atoms with van der Waals surface area (Å²) in [6.45, 7) is 5.49. The van der Waals surface area contributed by atoms with Crippen LogP contribution in [0.15, 0.2) is 0 Å². The van der Waals surface area contributed by atoms with E-state index in [-0.39, 0.29) is 6.10 Å². The van der Waals surface area contributed by atoms with Crippen LogP contribution in [0.2, 0.25) is 0 Å². The Morgan fingerprint density at radius 3 is 2.67 bits per heavy atom. The van der Waals surface area contributed by atoms with Crippen LogP contribution in [0.5, 0.6) is 0 Å². The maximum absolute atomic E-state index is 11.5. The van der Waals surface area contributed by atoms with Crippen LogP contribution in [-0.2, 0) is 10.0 Å². The smallest absolute Gasteiger partial charge is 0.211 e. The molecule has 0 aromatic heterocycles. The van der Waals surface area contributed by atoms with Crippen molar-refractivity contribution in [2.45, 2.75) is 52.1 Å². The van der Waals surface area contributed by atoms with Crippen LogP contribution in [0.1, 0.15) is 46.0 Å². The van der Waals surface area contributed by atoms with Crippen LogP contribution in [-0.4, -0.2) is 43.3 Å². The van der Waals surface area contributed by atoms with Gasteiger partial charge in [0.2, 0.25) is 10.0 Å². The summed E-state index contributed by atoms with van der Waals surface area (Å²) in [5.74, 6) is 0.849. The average Bonchev–Trinajstić information content (AvgIpc) is 2.27. The van der Waals surface area contributed by atoms with Gasteiger partial charge in [0.1, 0.15) is 0 Å². The van der Waals surface area contributed by atoms with E-state index in [4.69, 9.17) is 0 Å². The van der Waals surface area contributed by atoms with Crippen molar-refractivity contribution in [3.8, 4) is 0 Å². The zero-order valence-corrected chi connectivity index (χ0v) is 12.6. The van der Waals surface area contributed by atoms with Crippen molar-refractivity contribution in [2.24, 2.45) is 11.8 Å². The van der Waals surface area contributed by atoms with E-state index in [1.807, 2.05) is 0 Å². The summed E-state index contributed by atoms with van der Waals surface area (Å²) in [6.07, 6.45) is 5.56. The highest BCUT2D eigenvalue weighted by atomic mass is 32.2. The average molecular weight is 277 g/mol. The number of rotatable bonds is 6. The molecule has 0 amide bonds. The summed E-state index contributed by atoms with van der Waals surface area (Å²) in [6, 6.07) is 0. The van der Waals surface area contributed by atoms with Crippen LogP contribution in [0.25, 0.3) is 0 Å². The highest BCUT2D eigenvalue weighted by Gasteiger charge is 2.27. The van der Waals surface area contributed by atoms with Crippen LogP contribution >= 0.6 is 0 Å². The molecule has 1 saturated heterocycles. The molecule has 0 spiro atoms. The minimum atomic E-state index is -3.07. The Balaban J connectivity index is 2.43. The van der Waals surface area contributed by atoms with Crippen molar-refractivity contribution >= 4 is 10.0 Å². The molecule has 1 aliphatic heterocycles. The molecule has 18 heavy (non-hydrogen) atoms. The topological polar surface area (TPSA) is 57.6 Å². The number of aliphatic hydroxyl groups is 1. The fourth-order valence-corrected chi connectivity index (χ4v) is 3.57. The summed E-state index contributed by atoms with van der Waals surface area (Å²) in [5.41, 5.74) is 0. The van der Waals surface area contributed by atoms with E-state index in [2.05, 4.69) is 13.8 Å². The fourth-order valence-electron chi connectivity index (χ4n) is 2.63. The summed E-state index contributed by atoms with van der Waals surface area (Å²) in [5, 5.41) is 10.0. The van der Waals surface area contributed by atoms with Gasteiger partial charge in [0, 0.05) is 13.1 Å². The van der Waals surface area contributed by atoms with E-state index in [1.165, 1.54) is 6.26 Å². The van der Waals surface area contributed by atoms with E-state index in [1.54, 1.807) is 4.31 Å². The first kappa shape index (κ1) is 15.9. The molecule has 1 rings (SSSR count). The molecule has 1 heterocycles. The Morgan fingerprint density at radius 1 is 1.44 bits per heavy atom. The highest BCUT2D eigenvalue weighted by Crippen LogP contribution is 2.25. The first-order chi connectivity index (χ1) is 8.32. The van der Waals surface area contributed by atoms with Crippen molar-refractivity contribution in [3.05, 3.63) is 0 Å². The molecule has 0 aromatic carbocycles. The SMILES string of the molecule is CCC(C)CC(O)CC1CCCN(S(C)(=O)=O)C1. The molecular formula is C13H27NO3S. The predicted molar refractivity (Wildman–Crippen MR) is 73.8 cm³/mol. The van der Waals surface area contributed by atoms with Gasteiger partial charge in [-0.25, -0.2) is 12.7 Å². The summed E-state index contributed by atoms with van der Waals surface area (Å²) >= 11 is 0. The van der Waals surface area contributed by atoms with E-state index >= 15 is 0 Å². The summed E-state index contributed by atoms with van der Waals surface area (Å²) in [4.78, 5) is 0. The van der Waals surface area contributed by atoms with Gasteiger partial charge >= 0.3 is 0 Å². The molecule has 0 bridgehead atoms. The molecule has 5 heteroatoms. The third kappa shape index (κ3) is 5.24. The van der Waals surface area contributed by atoms with Gasteiger partial charge in [0.05, 0.1) is 12.4 Å². The van der Waals surface area contributed by atoms with Gasteiger partial charge in [0.15, 0.2) is 0 Å². The number of sulfonamides is 1. The van der Waals surface area contributed by atoms with Crippen molar-refractivity contribution in [1.29, 1.82) is 0 Å². The first-order valence-corrected chi connectivity index (χ1v) is 8.81. The minimum Gasteiger partial charge on any atom is -0.393 e. The van der Waals surface area contributed by atoms with Gasteiger partial charge in [-0.2, -0.15) is 0 Å². The van der Waals surface area contributed by atoms with E-state index in [0.717, 1.165) is 32.1 Å². The number of hydrogen-bond donors (Lipinski definition) is 1. The molecular weight excluding hydrogens is 250 g/mol. The molecule has 4 nitrogen and oxygen atoms in total. The molecule has 1 fully saturated rings. The van der Waals surface area contributed by atoms with E-state index < -0.39 is 10.0 Å². The molecule has 108 valence electrons. The number of hydrogen-bond acceptors (Lipinski definition) is 3. The van der Waals surface area contributed by atoms with Gasteiger partial charge < -0.3 is 5.11 Å². The third-order valence-electron chi connectivity index (χ3n) is 3.93. The van der Waals surface area contributed by atoms with Gasteiger partial charge in [-0.05, 0) is 37.5 Å². The second-order valence-corrected chi connectivity index (χ2v) is 7.75. The van der Waals surface area contributed by atoms with Crippen molar-refractivity contribution in [2.75, 3.05) is 19.3 Å². The van der Waals surface area contributed by atoms with Crippen LogP contribution < -0.4 is 0 Å². The maximum atomic E-state index is 11.5. The zero-order valence-electron chi connectivity index (χ0n) is 11.8. The highest BCUT2D eigenvalue weighted by molar-refractivity contribution is 7.88. The number of nitrogens with zero attached hydrogens (tertiary/aromatic N) is 1. The predicted octanol–water partition coefficient (Wildman–Crippen LogP) is 1.85. The first-order valence-electron chi connectivity index (χ1n) is 6.96. The van der Waals surface area contributed by atoms with Gasteiger partial charge in [-0.1, -0.05) is 20.3 Å². The zero-order chi connectivity index (χ0) is 13.8. The number of piperidine rings is 1. The Hall–Kier alpha value is -0.130. The Labute approximate surface area is 111 Å². The monoisotopic (exact) mass is 277 g/mol. The maximum Gasteiger partial charge on any atom is 0.211 e. The Bertz CT molecular complexity index is 342. The van der Waals surface area contributed by atoms with E-state index in [0.29, 0.717) is 24.9 Å². The van der Waals surface area contributed by atoms with E-state index in [9.17, 15) is 13.5 Å². The molecule has 3 unspecified atom stereocenters. The molecule has 0 aliphatic carbocycles. The van der Waals surface area contributed by atoms with Crippen molar-refractivity contribution < 1.29 is 13.5 Å². The normalized spacial score (nSPS) is 25.9. The van der Waals surface area contributed by atoms with Crippen LogP contribution in [0.3, 0.4) is 0 Å². The quantitative estimate of drug-likeness (QED) is 0.806. The van der Waals surface area contributed by atoms with Crippen LogP contribution in [0.4, 0.5) is 0 Å². The lowest BCUT2D eigenvalue weighted by Gasteiger charge is -2.32. The minimum absolute atomic E-state index is 0.288. The van der Waals surface area contributed by atoms with Gasteiger partial charge in [-0.3, -0.25) is 0 Å². The summed E-state index contributed by atoms with van der Waals surface area (Å²) < 4.78 is 24.6. The third-order valence-corrected chi connectivity index (χ3v) is 5.20.